The van der Waals surface area contributed by atoms with E-state index >= 15 is 0 Å². The molecule has 0 amide bonds. The lowest BCUT2D eigenvalue weighted by Crippen LogP contribution is -2.56. The molecule has 8 heteroatoms. The number of nitrogens with zero attached hydrogens (tertiary/aromatic N) is 3. The maximum atomic E-state index is 5.81. The van der Waals surface area contributed by atoms with Gasteiger partial charge >= 0.3 is 0 Å². The third kappa shape index (κ3) is 6.70. The van der Waals surface area contributed by atoms with Gasteiger partial charge in [-0.1, -0.05) is 20.8 Å². The fourth-order valence-corrected chi connectivity index (χ4v) is 2.70. The largest absolute Gasteiger partial charge is 0.443 e. The Morgan fingerprint density at radius 3 is 2.38 bits per heavy atom. The van der Waals surface area contributed by atoms with Crippen LogP contribution in [0.1, 0.15) is 46.3 Å². The van der Waals surface area contributed by atoms with Crippen LogP contribution in [0.4, 0.5) is 0 Å². The molecule has 26 heavy (non-hydrogen) atoms. The van der Waals surface area contributed by atoms with Gasteiger partial charge in [0, 0.05) is 37.6 Å². The van der Waals surface area contributed by atoms with Gasteiger partial charge in [0.15, 0.2) is 5.96 Å². The van der Waals surface area contributed by atoms with E-state index in [0.717, 1.165) is 44.6 Å². The molecule has 0 radical (unpaired) electrons. The quantitative estimate of drug-likeness (QED) is 0.384. The number of hydrogen-bond acceptors (Lipinski definition) is 5. The van der Waals surface area contributed by atoms with Crippen LogP contribution in [0.25, 0.3) is 0 Å². The summed E-state index contributed by atoms with van der Waals surface area (Å²) in [6.45, 7) is 15.6. The van der Waals surface area contributed by atoms with Crippen LogP contribution < -0.4 is 10.6 Å². The number of ether oxygens (including phenoxy) is 1. The Bertz CT molecular complexity index is 574. The normalized spacial score (nSPS) is 16.9. The van der Waals surface area contributed by atoms with Crippen LogP contribution in [0.3, 0.4) is 0 Å². The Balaban J connectivity index is 0.00000338. The summed E-state index contributed by atoms with van der Waals surface area (Å²) in [5, 5.41) is 6.67. The molecule has 0 spiro atoms. The number of oxazole rings is 1. The number of aromatic nitrogens is 1. The smallest absolute Gasteiger partial charge is 0.213 e. The summed E-state index contributed by atoms with van der Waals surface area (Å²) in [5.74, 6) is 2.30. The van der Waals surface area contributed by atoms with E-state index in [9.17, 15) is 0 Å². The molecule has 0 aliphatic carbocycles. The van der Waals surface area contributed by atoms with Crippen molar-refractivity contribution in [2.45, 2.75) is 52.1 Å². The first-order valence-corrected chi connectivity index (χ1v) is 8.95. The van der Waals surface area contributed by atoms with E-state index in [-0.39, 0.29) is 34.9 Å². The Hall–Kier alpha value is -0.870. The van der Waals surface area contributed by atoms with Crippen molar-refractivity contribution in [2.75, 3.05) is 39.9 Å². The second kappa shape index (κ2) is 9.89. The van der Waals surface area contributed by atoms with Gasteiger partial charge in [-0.05, 0) is 13.8 Å². The molecule has 0 aromatic carbocycles. The third-order valence-corrected chi connectivity index (χ3v) is 4.48. The summed E-state index contributed by atoms with van der Waals surface area (Å²) in [6.07, 6.45) is 1.80. The molecule has 2 rings (SSSR count). The van der Waals surface area contributed by atoms with Gasteiger partial charge in [-0.25, -0.2) is 4.98 Å². The molecule has 1 aliphatic rings. The number of halogens is 1. The van der Waals surface area contributed by atoms with Gasteiger partial charge in [-0.15, -0.1) is 24.0 Å². The molecule has 150 valence electrons. The monoisotopic (exact) mass is 479 g/mol. The predicted octanol–water partition coefficient (Wildman–Crippen LogP) is 2.37. The zero-order valence-corrected chi connectivity index (χ0v) is 19.2. The van der Waals surface area contributed by atoms with Crippen molar-refractivity contribution >= 4 is 29.9 Å². The second-order valence-corrected chi connectivity index (χ2v) is 8.06. The van der Waals surface area contributed by atoms with Gasteiger partial charge in [0.05, 0.1) is 26.0 Å². The minimum atomic E-state index is -0.0344. The first-order chi connectivity index (χ1) is 11.7. The predicted molar refractivity (Wildman–Crippen MR) is 115 cm³/mol. The van der Waals surface area contributed by atoms with E-state index in [1.54, 1.807) is 13.2 Å². The first-order valence-electron chi connectivity index (χ1n) is 8.95. The maximum absolute atomic E-state index is 5.81. The minimum absolute atomic E-state index is 0. The third-order valence-electron chi connectivity index (χ3n) is 4.48. The topological polar surface area (TPSA) is 74.9 Å². The van der Waals surface area contributed by atoms with Crippen LogP contribution in [0.15, 0.2) is 15.6 Å². The van der Waals surface area contributed by atoms with E-state index in [2.05, 4.69) is 60.1 Å². The number of nitrogens with one attached hydrogen (secondary N) is 2. The first kappa shape index (κ1) is 23.2. The van der Waals surface area contributed by atoms with Crippen molar-refractivity contribution in [3.8, 4) is 0 Å². The van der Waals surface area contributed by atoms with Gasteiger partial charge in [-0.2, -0.15) is 0 Å². The second-order valence-electron chi connectivity index (χ2n) is 8.06. The highest BCUT2D eigenvalue weighted by molar-refractivity contribution is 14.0. The average molecular weight is 479 g/mol. The van der Waals surface area contributed by atoms with Crippen LogP contribution in [0.5, 0.6) is 0 Å². The molecule has 1 saturated heterocycles. The molecule has 1 aromatic rings. The fourth-order valence-electron chi connectivity index (χ4n) is 2.70. The van der Waals surface area contributed by atoms with Gasteiger partial charge < -0.3 is 19.8 Å². The van der Waals surface area contributed by atoms with Gasteiger partial charge in [0.25, 0.3) is 0 Å². The van der Waals surface area contributed by atoms with E-state index in [1.807, 2.05) is 0 Å². The highest BCUT2D eigenvalue weighted by Crippen LogP contribution is 2.22. The van der Waals surface area contributed by atoms with Crippen molar-refractivity contribution in [1.82, 2.24) is 20.5 Å². The van der Waals surface area contributed by atoms with Crippen molar-refractivity contribution < 1.29 is 9.15 Å². The fraction of sp³-hybridized carbons (Fsp3) is 0.778. The molecular formula is C18H34IN5O2. The summed E-state index contributed by atoms with van der Waals surface area (Å²) in [6, 6.07) is 0. The summed E-state index contributed by atoms with van der Waals surface area (Å²) < 4.78 is 11.2. The maximum Gasteiger partial charge on any atom is 0.213 e. The average Bonchev–Trinajstić information content (AvgIpc) is 3.05. The zero-order valence-electron chi connectivity index (χ0n) is 16.9. The summed E-state index contributed by atoms with van der Waals surface area (Å²) in [4.78, 5) is 11.1. The molecule has 1 fully saturated rings. The lowest BCUT2D eigenvalue weighted by Gasteiger charge is -2.41. The summed E-state index contributed by atoms with van der Waals surface area (Å²) >= 11 is 0. The number of rotatable bonds is 5. The molecule has 2 heterocycles. The zero-order chi connectivity index (χ0) is 18.5. The number of guanidine groups is 1. The SMILES string of the molecule is CN=C(NCc1ncc(C(C)(C)C)o1)NCC(C)(C)N1CCOCC1.I. The Labute approximate surface area is 174 Å². The van der Waals surface area contributed by atoms with Gasteiger partial charge in [-0.3, -0.25) is 9.89 Å². The summed E-state index contributed by atoms with van der Waals surface area (Å²) in [7, 11) is 1.77. The lowest BCUT2D eigenvalue weighted by molar-refractivity contribution is -0.00834. The summed E-state index contributed by atoms with van der Waals surface area (Å²) in [5.41, 5.74) is -0.00288. The lowest BCUT2D eigenvalue weighted by atomic mass is 9.94. The van der Waals surface area contributed by atoms with Crippen LogP contribution in [-0.2, 0) is 16.7 Å². The van der Waals surface area contributed by atoms with Gasteiger partial charge in [0.2, 0.25) is 5.89 Å². The molecule has 0 unspecified atom stereocenters. The van der Waals surface area contributed by atoms with E-state index in [1.165, 1.54) is 0 Å². The van der Waals surface area contributed by atoms with E-state index in [0.29, 0.717) is 12.4 Å². The number of hydrogen-bond donors (Lipinski definition) is 2. The highest BCUT2D eigenvalue weighted by Gasteiger charge is 2.28. The van der Waals surface area contributed by atoms with Crippen LogP contribution in [-0.4, -0.2) is 61.3 Å². The highest BCUT2D eigenvalue weighted by atomic mass is 127. The van der Waals surface area contributed by atoms with Crippen molar-refractivity contribution in [1.29, 1.82) is 0 Å². The molecule has 2 N–H and O–H groups in total. The Morgan fingerprint density at radius 2 is 1.85 bits per heavy atom. The molecule has 0 saturated carbocycles. The standard InChI is InChI=1S/C18H33N5O2.HI/c1-17(2,3)14-11-20-15(25-14)12-21-16(19-6)22-13-18(4,5)23-7-9-24-10-8-23;/h11H,7-10,12-13H2,1-6H3,(H2,19,21,22);1H. The van der Waals surface area contributed by atoms with E-state index in [4.69, 9.17) is 9.15 Å². The number of morpholine rings is 1. The van der Waals surface area contributed by atoms with Crippen LogP contribution in [0, 0.1) is 0 Å². The minimum Gasteiger partial charge on any atom is -0.443 e. The molecule has 0 atom stereocenters. The van der Waals surface area contributed by atoms with Gasteiger partial charge in [0.1, 0.15) is 5.76 Å². The molecule has 0 bridgehead atoms. The Kier molecular flexibility index (Phi) is 8.81. The Morgan fingerprint density at radius 1 is 1.19 bits per heavy atom. The van der Waals surface area contributed by atoms with E-state index < -0.39 is 0 Å². The number of aliphatic imine (C=N–C) groups is 1. The molecule has 1 aliphatic heterocycles. The van der Waals surface area contributed by atoms with Crippen molar-refractivity contribution in [3.63, 3.8) is 0 Å². The van der Waals surface area contributed by atoms with Crippen LogP contribution in [0.2, 0.25) is 0 Å². The van der Waals surface area contributed by atoms with Crippen molar-refractivity contribution in [3.05, 3.63) is 17.8 Å². The molecular weight excluding hydrogens is 445 g/mol. The molecule has 7 nitrogen and oxygen atoms in total. The molecule has 1 aromatic heterocycles. The van der Waals surface area contributed by atoms with Crippen LogP contribution >= 0.6 is 24.0 Å². The van der Waals surface area contributed by atoms with Crippen molar-refractivity contribution in [2.24, 2.45) is 4.99 Å².